The molecule has 0 aromatic carbocycles. The first-order chi connectivity index (χ1) is 7.09. The molecule has 0 saturated carbocycles. The van der Waals surface area contributed by atoms with Crippen molar-refractivity contribution in [3.05, 3.63) is 37.0 Å². The fraction of sp³-hybridized carbons (Fsp3) is 0.571. The van der Waals surface area contributed by atoms with Gasteiger partial charge < -0.3 is 4.90 Å². The lowest BCUT2D eigenvalue weighted by atomic mass is 9.87. The van der Waals surface area contributed by atoms with Gasteiger partial charge in [-0.1, -0.05) is 30.4 Å². The molecule has 0 N–H and O–H groups in total. The van der Waals surface area contributed by atoms with Crippen molar-refractivity contribution in [2.75, 3.05) is 13.6 Å². The van der Waals surface area contributed by atoms with Gasteiger partial charge >= 0.3 is 0 Å². The van der Waals surface area contributed by atoms with Crippen molar-refractivity contribution < 1.29 is 0 Å². The van der Waals surface area contributed by atoms with Crippen LogP contribution in [0.15, 0.2) is 37.0 Å². The molecule has 0 aromatic rings. The first kappa shape index (κ1) is 12.3. The molecule has 0 radical (unpaired) electrons. The molecule has 0 aliphatic heterocycles. The molecule has 0 atom stereocenters. The Morgan fingerprint density at radius 3 is 2.47 bits per heavy atom. The molecular weight excluding hydrogens is 182 g/mol. The second-order valence-corrected chi connectivity index (χ2v) is 4.80. The Balaban J connectivity index is 2.48. The Bertz CT molecular complexity index is 249. The molecule has 0 fully saturated rings. The monoisotopic (exact) mass is 205 g/mol. The number of allylic oxidation sites excluding steroid dienone is 3. The van der Waals surface area contributed by atoms with E-state index in [0.29, 0.717) is 5.92 Å². The molecule has 1 nitrogen and oxygen atoms in total. The summed E-state index contributed by atoms with van der Waals surface area (Å²) in [5.74, 6) is 0.547. The second kappa shape index (κ2) is 5.32. The highest BCUT2D eigenvalue weighted by atomic mass is 15.2. The molecule has 0 heterocycles. The predicted molar refractivity (Wildman–Crippen MR) is 67.9 cm³/mol. The summed E-state index contributed by atoms with van der Waals surface area (Å²) in [4.78, 5) is 2.45. The fourth-order valence-corrected chi connectivity index (χ4v) is 1.92. The normalized spacial score (nSPS) is 16.5. The van der Waals surface area contributed by atoms with Crippen molar-refractivity contribution in [2.45, 2.75) is 32.2 Å². The summed E-state index contributed by atoms with van der Waals surface area (Å²) >= 11 is 0. The molecular formula is C14H23N. The van der Waals surface area contributed by atoms with Crippen LogP contribution in [0.1, 0.15) is 26.7 Å². The number of nitrogens with zero attached hydrogens (tertiary/aromatic N) is 1. The number of rotatable bonds is 6. The van der Waals surface area contributed by atoms with Crippen molar-refractivity contribution in [1.29, 1.82) is 0 Å². The Kier molecular flexibility index (Phi) is 4.34. The van der Waals surface area contributed by atoms with E-state index in [2.05, 4.69) is 56.7 Å². The molecule has 1 rings (SSSR count). The molecule has 1 aliphatic rings. The van der Waals surface area contributed by atoms with E-state index in [-0.39, 0.29) is 5.54 Å². The van der Waals surface area contributed by atoms with Crippen LogP contribution in [0.2, 0.25) is 0 Å². The minimum Gasteiger partial charge on any atom is -0.300 e. The van der Waals surface area contributed by atoms with E-state index in [1.165, 1.54) is 6.42 Å². The van der Waals surface area contributed by atoms with Crippen LogP contribution in [0.25, 0.3) is 0 Å². The van der Waals surface area contributed by atoms with Crippen LogP contribution in [-0.2, 0) is 0 Å². The topological polar surface area (TPSA) is 3.24 Å². The highest BCUT2D eigenvalue weighted by Gasteiger charge is 2.30. The van der Waals surface area contributed by atoms with Crippen LogP contribution < -0.4 is 0 Å². The van der Waals surface area contributed by atoms with Gasteiger partial charge in [0.15, 0.2) is 0 Å². The minimum absolute atomic E-state index is 0.213. The predicted octanol–water partition coefficient (Wildman–Crippen LogP) is 3.41. The minimum atomic E-state index is 0.213. The second-order valence-electron chi connectivity index (χ2n) is 4.80. The largest absolute Gasteiger partial charge is 0.300 e. The van der Waals surface area contributed by atoms with Crippen LogP contribution in [-0.4, -0.2) is 24.0 Å². The molecule has 0 spiro atoms. The Labute approximate surface area is 94.2 Å². The average Bonchev–Trinajstić information content (AvgIpc) is 2.71. The van der Waals surface area contributed by atoms with Gasteiger partial charge in [-0.3, -0.25) is 0 Å². The molecule has 1 aliphatic carbocycles. The van der Waals surface area contributed by atoms with Gasteiger partial charge in [0, 0.05) is 11.5 Å². The summed E-state index contributed by atoms with van der Waals surface area (Å²) < 4.78 is 0. The molecule has 84 valence electrons. The van der Waals surface area contributed by atoms with Gasteiger partial charge in [-0.25, -0.2) is 0 Å². The highest BCUT2D eigenvalue weighted by Crippen LogP contribution is 2.28. The van der Waals surface area contributed by atoms with Crippen molar-refractivity contribution in [3.8, 4) is 0 Å². The SMILES string of the molecule is C=CCCCN(C)C(C)(C)C1C=CC=C1. The number of hydrogen-bond donors (Lipinski definition) is 0. The van der Waals surface area contributed by atoms with Gasteiger partial charge in [-0.15, -0.1) is 6.58 Å². The molecule has 0 aromatic heterocycles. The van der Waals surface area contributed by atoms with Crippen LogP contribution in [0.3, 0.4) is 0 Å². The maximum absolute atomic E-state index is 3.76. The van der Waals surface area contributed by atoms with Gasteiger partial charge in [0.05, 0.1) is 0 Å². The highest BCUT2D eigenvalue weighted by molar-refractivity contribution is 5.22. The summed E-state index contributed by atoms with van der Waals surface area (Å²) in [6, 6.07) is 0. The summed E-state index contributed by atoms with van der Waals surface area (Å²) in [6.07, 6.45) is 13.2. The lowest BCUT2D eigenvalue weighted by Crippen LogP contribution is -2.46. The molecule has 15 heavy (non-hydrogen) atoms. The van der Waals surface area contributed by atoms with E-state index in [0.717, 1.165) is 13.0 Å². The van der Waals surface area contributed by atoms with Crippen LogP contribution >= 0.6 is 0 Å². The molecule has 0 unspecified atom stereocenters. The first-order valence-electron chi connectivity index (χ1n) is 5.76. The molecule has 0 bridgehead atoms. The van der Waals surface area contributed by atoms with E-state index in [4.69, 9.17) is 0 Å². The summed E-state index contributed by atoms with van der Waals surface area (Å²) in [5, 5.41) is 0. The first-order valence-corrected chi connectivity index (χ1v) is 5.76. The third-order valence-electron chi connectivity index (χ3n) is 3.45. The van der Waals surface area contributed by atoms with Gasteiger partial charge in [-0.05, 0) is 40.3 Å². The van der Waals surface area contributed by atoms with Crippen molar-refractivity contribution in [1.82, 2.24) is 4.90 Å². The zero-order valence-corrected chi connectivity index (χ0v) is 10.2. The lowest BCUT2D eigenvalue weighted by Gasteiger charge is -2.39. The van der Waals surface area contributed by atoms with Crippen LogP contribution in [0.4, 0.5) is 0 Å². The Morgan fingerprint density at radius 1 is 1.33 bits per heavy atom. The van der Waals surface area contributed by atoms with E-state index in [1.807, 2.05) is 6.08 Å². The maximum atomic E-state index is 3.76. The Hall–Kier alpha value is -0.820. The van der Waals surface area contributed by atoms with Gasteiger partial charge in [0.25, 0.3) is 0 Å². The van der Waals surface area contributed by atoms with Crippen molar-refractivity contribution >= 4 is 0 Å². The summed E-state index contributed by atoms with van der Waals surface area (Å²) in [7, 11) is 2.21. The lowest BCUT2D eigenvalue weighted by molar-refractivity contribution is 0.129. The van der Waals surface area contributed by atoms with Gasteiger partial charge in [-0.2, -0.15) is 0 Å². The summed E-state index contributed by atoms with van der Waals surface area (Å²) in [6.45, 7) is 9.51. The van der Waals surface area contributed by atoms with E-state index >= 15 is 0 Å². The van der Waals surface area contributed by atoms with Crippen molar-refractivity contribution in [3.63, 3.8) is 0 Å². The third kappa shape index (κ3) is 3.07. The van der Waals surface area contributed by atoms with E-state index < -0.39 is 0 Å². The molecule has 1 heteroatoms. The molecule has 0 saturated heterocycles. The average molecular weight is 205 g/mol. The molecule has 0 amide bonds. The quantitative estimate of drug-likeness (QED) is 0.474. The number of unbranched alkanes of at least 4 members (excludes halogenated alkanes) is 1. The summed E-state index contributed by atoms with van der Waals surface area (Å²) in [5.41, 5.74) is 0.213. The fourth-order valence-electron chi connectivity index (χ4n) is 1.92. The third-order valence-corrected chi connectivity index (χ3v) is 3.45. The number of hydrogen-bond acceptors (Lipinski definition) is 1. The standard InChI is InChI=1S/C14H23N/c1-5-6-9-12-15(4)14(2,3)13-10-7-8-11-13/h5,7-8,10-11,13H,1,6,9,12H2,2-4H3. The van der Waals surface area contributed by atoms with E-state index in [9.17, 15) is 0 Å². The van der Waals surface area contributed by atoms with Gasteiger partial charge in [0.1, 0.15) is 0 Å². The van der Waals surface area contributed by atoms with Crippen LogP contribution in [0.5, 0.6) is 0 Å². The van der Waals surface area contributed by atoms with Crippen LogP contribution in [0, 0.1) is 5.92 Å². The Morgan fingerprint density at radius 2 is 1.93 bits per heavy atom. The van der Waals surface area contributed by atoms with E-state index in [1.54, 1.807) is 0 Å². The zero-order chi connectivity index (χ0) is 11.3. The van der Waals surface area contributed by atoms with Crippen molar-refractivity contribution in [2.24, 2.45) is 5.92 Å². The zero-order valence-electron chi connectivity index (χ0n) is 10.2. The van der Waals surface area contributed by atoms with Gasteiger partial charge in [0.2, 0.25) is 0 Å². The smallest absolute Gasteiger partial charge is 0.0247 e. The maximum Gasteiger partial charge on any atom is 0.0247 e.